The molecule has 1 heterocycles. The van der Waals surface area contributed by atoms with Crippen LogP contribution in [0.4, 0.5) is 0 Å². The van der Waals surface area contributed by atoms with Crippen molar-refractivity contribution in [3.8, 4) is 0 Å². The Balaban J connectivity index is 2.22. The first-order valence-electron chi connectivity index (χ1n) is 6.36. The monoisotopic (exact) mass is 343 g/mol. The van der Waals surface area contributed by atoms with Gasteiger partial charge in [-0.25, -0.2) is 0 Å². The molecule has 0 saturated carbocycles. The van der Waals surface area contributed by atoms with Crippen LogP contribution in [0.15, 0.2) is 35.0 Å². The summed E-state index contributed by atoms with van der Waals surface area (Å²) in [5.41, 5.74) is 1.50. The van der Waals surface area contributed by atoms with Crippen LogP contribution in [0.2, 0.25) is 10.0 Å². The molecule has 112 valence electrons. The third-order valence-corrected chi connectivity index (χ3v) is 4.26. The first-order chi connectivity index (χ1) is 10.1. The van der Waals surface area contributed by atoms with E-state index in [1.54, 1.807) is 41.5 Å². The molecule has 0 bridgehead atoms. The summed E-state index contributed by atoms with van der Waals surface area (Å²) in [6.45, 7) is 1.48. The van der Waals surface area contributed by atoms with E-state index in [-0.39, 0.29) is 5.91 Å². The maximum absolute atomic E-state index is 12.7. The lowest BCUT2D eigenvalue weighted by molar-refractivity contribution is 0.0681. The van der Waals surface area contributed by atoms with Gasteiger partial charge in [0.2, 0.25) is 0 Å². The highest BCUT2D eigenvalue weighted by atomic mass is 35.5. The molecular weight excluding hydrogens is 329 g/mol. The third-order valence-electron chi connectivity index (χ3n) is 2.96. The summed E-state index contributed by atoms with van der Waals surface area (Å²) >= 11 is 13.7. The van der Waals surface area contributed by atoms with Crippen LogP contribution in [0.3, 0.4) is 0 Å². The Morgan fingerprint density at radius 1 is 1.33 bits per heavy atom. The Kier molecular flexibility index (Phi) is 6.06. The number of nitrogens with zero attached hydrogens (tertiary/aromatic N) is 1. The van der Waals surface area contributed by atoms with Gasteiger partial charge in [0.15, 0.2) is 0 Å². The minimum Gasteiger partial charge on any atom is -0.383 e. The number of benzene rings is 1. The number of hydrogen-bond donors (Lipinski definition) is 0. The van der Waals surface area contributed by atoms with Crippen molar-refractivity contribution in [1.82, 2.24) is 4.90 Å². The fraction of sp³-hybridized carbons (Fsp3) is 0.267. The first-order valence-corrected chi connectivity index (χ1v) is 8.06. The van der Waals surface area contributed by atoms with Crippen molar-refractivity contribution in [2.45, 2.75) is 6.54 Å². The zero-order valence-electron chi connectivity index (χ0n) is 11.5. The number of carbonyl (C=O) groups excluding carboxylic acids is 1. The van der Waals surface area contributed by atoms with E-state index in [4.69, 9.17) is 27.9 Å². The maximum atomic E-state index is 12.7. The summed E-state index contributed by atoms with van der Waals surface area (Å²) in [5, 5.41) is 4.90. The van der Waals surface area contributed by atoms with Crippen LogP contribution in [0, 0.1) is 0 Å². The highest BCUT2D eigenvalue weighted by Crippen LogP contribution is 2.23. The molecule has 21 heavy (non-hydrogen) atoms. The number of hydrogen-bond acceptors (Lipinski definition) is 3. The molecular formula is C15H15Cl2NO2S. The minimum absolute atomic E-state index is 0.147. The second-order valence-corrected chi connectivity index (χ2v) is 6.10. The van der Waals surface area contributed by atoms with Crippen LogP contribution in [-0.4, -0.2) is 31.1 Å². The number of halogens is 2. The van der Waals surface area contributed by atoms with Gasteiger partial charge in [-0.15, -0.1) is 0 Å². The van der Waals surface area contributed by atoms with E-state index in [0.717, 1.165) is 5.56 Å². The topological polar surface area (TPSA) is 29.5 Å². The van der Waals surface area contributed by atoms with Crippen LogP contribution < -0.4 is 0 Å². The molecule has 2 rings (SSSR count). The Hall–Kier alpha value is -1.07. The molecule has 0 unspecified atom stereocenters. The van der Waals surface area contributed by atoms with Crippen molar-refractivity contribution in [2.24, 2.45) is 0 Å². The van der Waals surface area contributed by atoms with Gasteiger partial charge >= 0.3 is 0 Å². The molecule has 0 N–H and O–H groups in total. The lowest BCUT2D eigenvalue weighted by atomic mass is 10.2. The lowest BCUT2D eigenvalue weighted by Crippen LogP contribution is -2.33. The normalized spacial score (nSPS) is 10.6. The van der Waals surface area contributed by atoms with Gasteiger partial charge in [-0.05, 0) is 40.6 Å². The van der Waals surface area contributed by atoms with E-state index >= 15 is 0 Å². The molecule has 1 aromatic carbocycles. The Bertz CT molecular complexity index is 602. The molecule has 1 amide bonds. The maximum Gasteiger partial charge on any atom is 0.255 e. The highest BCUT2D eigenvalue weighted by molar-refractivity contribution is 7.07. The second kappa shape index (κ2) is 7.80. The third kappa shape index (κ3) is 4.45. The van der Waals surface area contributed by atoms with Crippen molar-refractivity contribution in [3.05, 3.63) is 56.2 Å². The van der Waals surface area contributed by atoms with Gasteiger partial charge in [-0.2, -0.15) is 11.3 Å². The summed E-state index contributed by atoms with van der Waals surface area (Å²) in [6, 6.07) is 6.90. The van der Waals surface area contributed by atoms with E-state index in [0.29, 0.717) is 35.3 Å². The van der Waals surface area contributed by atoms with Gasteiger partial charge in [-0.3, -0.25) is 4.79 Å². The van der Waals surface area contributed by atoms with Crippen molar-refractivity contribution in [3.63, 3.8) is 0 Å². The molecule has 0 atom stereocenters. The number of methoxy groups -OCH3 is 1. The zero-order valence-corrected chi connectivity index (χ0v) is 13.8. The van der Waals surface area contributed by atoms with Gasteiger partial charge in [-0.1, -0.05) is 23.2 Å². The number of carbonyl (C=O) groups is 1. The smallest absolute Gasteiger partial charge is 0.255 e. The molecule has 0 aliphatic carbocycles. The molecule has 0 saturated heterocycles. The molecule has 3 nitrogen and oxygen atoms in total. The van der Waals surface area contributed by atoms with E-state index in [9.17, 15) is 4.79 Å². The highest BCUT2D eigenvalue weighted by Gasteiger charge is 2.19. The summed E-state index contributed by atoms with van der Waals surface area (Å²) in [4.78, 5) is 14.4. The Morgan fingerprint density at radius 3 is 2.81 bits per heavy atom. The zero-order chi connectivity index (χ0) is 15.2. The summed E-state index contributed by atoms with van der Waals surface area (Å²) in [6.07, 6.45) is 0. The number of thiophene rings is 1. The molecule has 1 aromatic heterocycles. The van der Waals surface area contributed by atoms with Crippen LogP contribution in [0.5, 0.6) is 0 Å². The largest absolute Gasteiger partial charge is 0.383 e. The van der Waals surface area contributed by atoms with Gasteiger partial charge in [0, 0.05) is 25.2 Å². The predicted octanol–water partition coefficient (Wildman–Crippen LogP) is 4.34. The van der Waals surface area contributed by atoms with Gasteiger partial charge in [0.1, 0.15) is 0 Å². The molecule has 0 spiro atoms. The van der Waals surface area contributed by atoms with Crippen molar-refractivity contribution >= 4 is 40.4 Å². The summed E-state index contributed by atoms with van der Waals surface area (Å²) in [5.74, 6) is -0.147. The van der Waals surface area contributed by atoms with Crippen molar-refractivity contribution in [2.75, 3.05) is 20.3 Å². The average Bonchev–Trinajstić information content (AvgIpc) is 2.98. The molecule has 6 heteroatoms. The predicted molar refractivity (Wildman–Crippen MR) is 87.4 cm³/mol. The molecule has 2 aromatic rings. The van der Waals surface area contributed by atoms with Gasteiger partial charge < -0.3 is 9.64 Å². The van der Waals surface area contributed by atoms with Gasteiger partial charge in [0.05, 0.1) is 17.2 Å². The van der Waals surface area contributed by atoms with Crippen molar-refractivity contribution < 1.29 is 9.53 Å². The van der Waals surface area contributed by atoms with Crippen LogP contribution in [0.25, 0.3) is 0 Å². The quantitative estimate of drug-likeness (QED) is 0.780. The van der Waals surface area contributed by atoms with E-state index in [1.807, 2.05) is 16.8 Å². The summed E-state index contributed by atoms with van der Waals surface area (Å²) in [7, 11) is 1.61. The lowest BCUT2D eigenvalue weighted by Gasteiger charge is -2.22. The molecule has 0 aliphatic rings. The van der Waals surface area contributed by atoms with Crippen molar-refractivity contribution in [1.29, 1.82) is 0 Å². The van der Waals surface area contributed by atoms with E-state index < -0.39 is 0 Å². The molecule has 0 radical (unpaired) electrons. The second-order valence-electron chi connectivity index (χ2n) is 4.48. The Morgan fingerprint density at radius 2 is 2.14 bits per heavy atom. The fourth-order valence-corrected chi connectivity index (χ4v) is 2.92. The van der Waals surface area contributed by atoms with Crippen LogP contribution >= 0.6 is 34.5 Å². The van der Waals surface area contributed by atoms with Gasteiger partial charge in [0.25, 0.3) is 5.91 Å². The van der Waals surface area contributed by atoms with Crippen LogP contribution in [0.1, 0.15) is 15.9 Å². The van der Waals surface area contributed by atoms with E-state index in [1.165, 1.54) is 0 Å². The number of amides is 1. The number of rotatable bonds is 6. The standard InChI is InChI=1S/C15H15Cl2NO2S/c1-20-6-5-18(9-11-4-7-21-10-11)15(19)13-8-12(16)2-3-14(13)17/h2-4,7-8,10H,5-6,9H2,1H3. The first kappa shape index (κ1) is 16.3. The van der Waals surface area contributed by atoms with E-state index in [2.05, 4.69) is 0 Å². The Labute approximate surface area is 138 Å². The molecule has 0 aliphatic heterocycles. The molecule has 0 fully saturated rings. The fourth-order valence-electron chi connectivity index (χ4n) is 1.89. The summed E-state index contributed by atoms with van der Waals surface area (Å²) < 4.78 is 5.08. The average molecular weight is 344 g/mol. The number of ether oxygens (including phenoxy) is 1. The van der Waals surface area contributed by atoms with Crippen LogP contribution in [-0.2, 0) is 11.3 Å². The SMILES string of the molecule is COCCN(Cc1ccsc1)C(=O)c1cc(Cl)ccc1Cl. The minimum atomic E-state index is -0.147.